The van der Waals surface area contributed by atoms with Gasteiger partial charge in [-0.1, -0.05) is 169 Å². The number of carbonyl (C=O) groups is 4. The van der Waals surface area contributed by atoms with Crippen LogP contribution in [0.2, 0.25) is 0 Å². The van der Waals surface area contributed by atoms with Gasteiger partial charge in [0.05, 0.1) is 6.61 Å². The number of aliphatic hydroxyl groups is 2. The molecule has 0 radical (unpaired) electrons. The summed E-state index contributed by atoms with van der Waals surface area (Å²) in [5, 5.41) is 31.4. The fourth-order valence-corrected chi connectivity index (χ4v) is 7.49. The molecule has 0 aliphatic carbocycles. The van der Waals surface area contributed by atoms with Crippen LogP contribution in [0.25, 0.3) is 0 Å². The van der Waals surface area contributed by atoms with Crippen molar-refractivity contribution in [2.75, 3.05) is 13.2 Å². The van der Waals surface area contributed by atoms with Gasteiger partial charge in [0.15, 0.2) is 24.6 Å². The van der Waals surface area contributed by atoms with Crippen LogP contribution in [0.5, 0.6) is 0 Å². The monoisotopic (exact) mass is 995 g/mol. The van der Waals surface area contributed by atoms with Crippen LogP contribution in [0.4, 0.5) is 0 Å². The van der Waals surface area contributed by atoms with Crippen molar-refractivity contribution in [2.45, 2.75) is 237 Å². The van der Waals surface area contributed by atoms with E-state index in [1.165, 1.54) is 0 Å². The maximum absolute atomic E-state index is 13.1. The van der Waals surface area contributed by atoms with Crippen LogP contribution in [0.3, 0.4) is 0 Å². The highest BCUT2D eigenvalue weighted by molar-refractivity contribution is 5.74. The normalized spacial score (nSPS) is 19.3. The predicted octanol–water partition coefficient (Wildman–Crippen LogP) is 13.3. The molecular formula is C59H94O12. The number of rotatable bonds is 44. The molecule has 12 nitrogen and oxygen atoms in total. The van der Waals surface area contributed by atoms with E-state index in [2.05, 4.69) is 118 Å². The molecule has 1 rings (SSSR count). The molecule has 0 aromatic rings. The number of carboxylic acid groups (broad SMARTS) is 1. The molecule has 0 amide bonds. The third kappa shape index (κ3) is 37.1. The van der Waals surface area contributed by atoms with E-state index in [4.69, 9.17) is 23.7 Å². The fraction of sp³-hybridized carbons (Fsp3) is 0.661. The zero-order valence-corrected chi connectivity index (χ0v) is 43.9. The Hall–Kier alpha value is -4.36. The summed E-state index contributed by atoms with van der Waals surface area (Å²) in [4.78, 5) is 50.9. The van der Waals surface area contributed by atoms with E-state index in [0.29, 0.717) is 19.3 Å². The number of aliphatic hydroxyl groups excluding tert-OH is 2. The van der Waals surface area contributed by atoms with Gasteiger partial charge in [0, 0.05) is 19.3 Å². The zero-order chi connectivity index (χ0) is 51.8. The van der Waals surface area contributed by atoms with Crippen molar-refractivity contribution in [2.24, 2.45) is 0 Å². The molecule has 0 bridgehead atoms. The number of unbranched alkanes of at least 4 members (excludes halogenated alkanes) is 14. The first-order valence-electron chi connectivity index (χ1n) is 27.2. The number of carbonyl (C=O) groups excluding carboxylic acids is 3. The van der Waals surface area contributed by atoms with Gasteiger partial charge in [0.1, 0.15) is 18.8 Å². The van der Waals surface area contributed by atoms with Gasteiger partial charge in [0.25, 0.3) is 0 Å². The zero-order valence-electron chi connectivity index (χ0n) is 43.9. The van der Waals surface area contributed by atoms with E-state index < -0.39 is 67.3 Å². The van der Waals surface area contributed by atoms with Crippen molar-refractivity contribution >= 4 is 23.9 Å². The molecule has 0 aromatic carbocycles. The summed E-state index contributed by atoms with van der Waals surface area (Å²) in [7, 11) is 0. The molecule has 3 N–H and O–H groups in total. The molecule has 1 saturated heterocycles. The maximum atomic E-state index is 13.1. The highest BCUT2D eigenvalue weighted by atomic mass is 16.7. The van der Waals surface area contributed by atoms with Crippen molar-refractivity contribution in [1.29, 1.82) is 0 Å². The summed E-state index contributed by atoms with van der Waals surface area (Å²) in [6.45, 7) is 5.63. The first-order chi connectivity index (χ1) is 34.6. The van der Waals surface area contributed by atoms with Crippen LogP contribution in [0, 0.1) is 0 Å². The Bertz CT molecular complexity index is 1610. The Morgan fingerprint density at radius 2 is 0.887 bits per heavy atom. The van der Waals surface area contributed by atoms with Crippen molar-refractivity contribution in [3.8, 4) is 0 Å². The second-order valence-electron chi connectivity index (χ2n) is 18.1. The highest BCUT2D eigenvalue weighted by Crippen LogP contribution is 2.26. The summed E-state index contributed by atoms with van der Waals surface area (Å²) < 4.78 is 28.3. The second kappa shape index (κ2) is 46.7. The molecule has 1 fully saturated rings. The van der Waals surface area contributed by atoms with Crippen LogP contribution in [0.15, 0.2) is 97.2 Å². The number of carboxylic acids is 1. The molecule has 0 spiro atoms. The first-order valence-corrected chi connectivity index (χ1v) is 27.2. The minimum atomic E-state index is -1.92. The van der Waals surface area contributed by atoms with Crippen LogP contribution in [-0.4, -0.2) is 89.2 Å². The van der Waals surface area contributed by atoms with Gasteiger partial charge in [-0.3, -0.25) is 14.4 Å². The number of hydrogen-bond donors (Lipinski definition) is 3. The summed E-state index contributed by atoms with van der Waals surface area (Å²) in [5.41, 5.74) is 0. The van der Waals surface area contributed by atoms with Crippen LogP contribution < -0.4 is 0 Å². The maximum Gasteiger partial charge on any atom is 0.335 e. The molecule has 1 heterocycles. The van der Waals surface area contributed by atoms with Crippen LogP contribution >= 0.6 is 0 Å². The van der Waals surface area contributed by atoms with Gasteiger partial charge < -0.3 is 39.0 Å². The minimum Gasteiger partial charge on any atom is -0.479 e. The Morgan fingerprint density at radius 1 is 0.479 bits per heavy atom. The molecular weight excluding hydrogens is 901 g/mol. The minimum absolute atomic E-state index is 0.0174. The van der Waals surface area contributed by atoms with E-state index >= 15 is 0 Å². The third-order valence-corrected chi connectivity index (χ3v) is 11.6. The number of esters is 3. The summed E-state index contributed by atoms with van der Waals surface area (Å²) >= 11 is 0. The lowest BCUT2D eigenvalue weighted by Gasteiger charge is -2.40. The number of allylic oxidation sites excluding steroid dienone is 16. The summed E-state index contributed by atoms with van der Waals surface area (Å²) in [6, 6.07) is 0. The Morgan fingerprint density at radius 3 is 1.37 bits per heavy atom. The van der Waals surface area contributed by atoms with E-state index in [-0.39, 0.29) is 25.9 Å². The van der Waals surface area contributed by atoms with Crippen molar-refractivity contribution < 1.29 is 58.2 Å². The third-order valence-electron chi connectivity index (χ3n) is 11.6. The second-order valence-corrected chi connectivity index (χ2v) is 18.1. The van der Waals surface area contributed by atoms with Crippen LogP contribution in [0.1, 0.15) is 201 Å². The van der Waals surface area contributed by atoms with Crippen molar-refractivity contribution in [3.05, 3.63) is 97.2 Å². The Balaban J connectivity index is 2.76. The van der Waals surface area contributed by atoms with Crippen molar-refractivity contribution in [1.82, 2.24) is 0 Å². The predicted molar refractivity (Wildman–Crippen MR) is 284 cm³/mol. The topological polar surface area (TPSA) is 175 Å². The number of ether oxygens (including phenoxy) is 5. The van der Waals surface area contributed by atoms with Crippen LogP contribution in [-0.2, 0) is 42.9 Å². The smallest absolute Gasteiger partial charge is 0.335 e. The van der Waals surface area contributed by atoms with Gasteiger partial charge in [0.2, 0.25) is 0 Å². The number of aliphatic carboxylic acids is 1. The summed E-state index contributed by atoms with van der Waals surface area (Å²) in [5.74, 6) is -3.21. The average molecular weight is 995 g/mol. The van der Waals surface area contributed by atoms with Crippen molar-refractivity contribution in [3.63, 3.8) is 0 Å². The van der Waals surface area contributed by atoms with E-state index in [1.807, 2.05) is 0 Å². The lowest BCUT2D eigenvalue weighted by atomic mass is 9.98. The molecule has 6 unspecified atom stereocenters. The standard InChI is InChI=1S/C59H94O12/c1-4-7-10-13-16-19-22-25-26-29-30-33-36-39-42-45-51(60)67-48-50(69-52(61)46-43-40-37-34-31-27-23-20-17-14-11-8-5-2)49-68-59-57(55(64)54(63)56(71-59)58(65)66)70-53(62)47-44-41-38-35-32-28-24-21-18-15-12-9-6-3/h7,9-12,14,16,18-21,23,25-26,28,32,50,54-57,59,63-64H,4-6,8,13,15,17,22,24,27,29-31,33-49H2,1-3H3,(H,65,66)/b10-7-,12-9-,14-11-,19-16-,21-18-,23-20-,26-25-,32-28-. The SMILES string of the molecule is CC/C=C\C/C=C\C/C=C\CCCCCCCC(=O)OCC(COC1OC(C(=O)O)C(O)C(O)C1OC(=O)CCCCC/C=C\C/C=C\C/C=C\CC)OC(=O)CCCCCCC/C=C\C/C=C\CCC. The molecule has 1 aliphatic rings. The average Bonchev–Trinajstić information content (AvgIpc) is 3.35. The highest BCUT2D eigenvalue weighted by Gasteiger charge is 2.50. The Kier molecular flexibility index (Phi) is 42.5. The number of hydrogen-bond acceptors (Lipinski definition) is 11. The molecule has 12 heteroatoms. The Labute approximate surface area is 428 Å². The first kappa shape index (κ1) is 64.7. The van der Waals surface area contributed by atoms with Gasteiger partial charge in [-0.15, -0.1) is 0 Å². The fourth-order valence-electron chi connectivity index (χ4n) is 7.49. The molecule has 402 valence electrons. The van der Waals surface area contributed by atoms with Gasteiger partial charge >= 0.3 is 23.9 Å². The van der Waals surface area contributed by atoms with Gasteiger partial charge in [-0.25, -0.2) is 4.79 Å². The quantitative estimate of drug-likeness (QED) is 0.0228. The lowest BCUT2D eigenvalue weighted by Crippen LogP contribution is -2.61. The molecule has 0 aromatic heterocycles. The van der Waals surface area contributed by atoms with E-state index in [0.717, 1.165) is 141 Å². The van der Waals surface area contributed by atoms with E-state index in [9.17, 15) is 34.5 Å². The molecule has 1 aliphatic heterocycles. The van der Waals surface area contributed by atoms with Gasteiger partial charge in [-0.05, 0) is 109 Å². The lowest BCUT2D eigenvalue weighted by molar-refractivity contribution is -0.301. The molecule has 71 heavy (non-hydrogen) atoms. The van der Waals surface area contributed by atoms with E-state index in [1.54, 1.807) is 0 Å². The molecule has 6 atom stereocenters. The summed E-state index contributed by atoms with van der Waals surface area (Å²) in [6.07, 6.45) is 48.2. The largest absolute Gasteiger partial charge is 0.479 e. The molecule has 0 saturated carbocycles. The van der Waals surface area contributed by atoms with Gasteiger partial charge in [-0.2, -0.15) is 0 Å².